The quantitative estimate of drug-likeness (QED) is 0.861. The second-order valence-corrected chi connectivity index (χ2v) is 5.10. The van der Waals surface area contributed by atoms with Crippen molar-refractivity contribution in [1.29, 1.82) is 0 Å². The van der Waals surface area contributed by atoms with Crippen LogP contribution in [0.5, 0.6) is 5.75 Å². The summed E-state index contributed by atoms with van der Waals surface area (Å²) in [6, 6.07) is 8.94. The molecule has 21 heavy (non-hydrogen) atoms. The minimum absolute atomic E-state index is 0.153. The molecule has 0 spiro atoms. The van der Waals surface area contributed by atoms with Crippen LogP contribution < -0.4 is 15.4 Å². The molecule has 0 saturated heterocycles. The van der Waals surface area contributed by atoms with E-state index in [1.807, 2.05) is 29.0 Å². The number of carbonyl (C=O) groups is 1. The van der Waals surface area contributed by atoms with Crippen molar-refractivity contribution < 1.29 is 14.3 Å². The van der Waals surface area contributed by atoms with Gasteiger partial charge in [-0.2, -0.15) is 11.3 Å². The zero-order valence-electron chi connectivity index (χ0n) is 12.0. The van der Waals surface area contributed by atoms with Gasteiger partial charge in [0.2, 0.25) is 0 Å². The van der Waals surface area contributed by atoms with Gasteiger partial charge in [0.1, 0.15) is 11.9 Å². The van der Waals surface area contributed by atoms with Crippen LogP contribution in [0.3, 0.4) is 0 Å². The Bertz CT molecular complexity index is 572. The molecule has 5 nitrogen and oxygen atoms in total. The first-order valence-electron chi connectivity index (χ1n) is 6.47. The molecule has 1 unspecified atom stereocenters. The van der Waals surface area contributed by atoms with Crippen LogP contribution in [0, 0.1) is 0 Å². The molecular formula is C15H18N2O3S. The van der Waals surface area contributed by atoms with Gasteiger partial charge in [0.15, 0.2) is 0 Å². The lowest BCUT2D eigenvalue weighted by Crippen LogP contribution is -2.32. The molecule has 0 fully saturated rings. The fourth-order valence-corrected chi connectivity index (χ4v) is 2.60. The number of ether oxygens (including phenoxy) is 2. The van der Waals surface area contributed by atoms with E-state index in [0.717, 1.165) is 5.56 Å². The van der Waals surface area contributed by atoms with Gasteiger partial charge < -0.3 is 20.1 Å². The number of benzene rings is 1. The molecule has 1 aromatic carbocycles. The lowest BCUT2D eigenvalue weighted by Gasteiger charge is -2.16. The highest BCUT2D eigenvalue weighted by Crippen LogP contribution is 2.23. The number of hydrogen-bond donors (Lipinski definition) is 2. The standard InChI is InChI=1S/C15H18N2O3S/c1-19-13-6-4-3-5-12(13)17-15(18)16-9-14(20-2)11-7-8-21-10-11/h3-8,10,14H,9H2,1-2H3,(H2,16,17,18). The first-order chi connectivity index (χ1) is 10.2. The predicted molar refractivity (Wildman–Crippen MR) is 84.1 cm³/mol. The van der Waals surface area contributed by atoms with E-state index in [-0.39, 0.29) is 12.1 Å². The van der Waals surface area contributed by atoms with Crippen LogP contribution in [0.2, 0.25) is 0 Å². The molecule has 0 bridgehead atoms. The van der Waals surface area contributed by atoms with Crippen molar-refractivity contribution in [3.8, 4) is 5.75 Å². The highest BCUT2D eigenvalue weighted by atomic mass is 32.1. The molecule has 2 amide bonds. The first kappa shape index (κ1) is 15.3. The summed E-state index contributed by atoms with van der Waals surface area (Å²) in [5.74, 6) is 0.619. The molecular weight excluding hydrogens is 288 g/mol. The third-order valence-corrected chi connectivity index (χ3v) is 3.70. The van der Waals surface area contributed by atoms with Gasteiger partial charge in [0, 0.05) is 13.7 Å². The molecule has 6 heteroatoms. The monoisotopic (exact) mass is 306 g/mol. The van der Waals surface area contributed by atoms with Gasteiger partial charge in [0.25, 0.3) is 0 Å². The highest BCUT2D eigenvalue weighted by molar-refractivity contribution is 7.07. The topological polar surface area (TPSA) is 59.6 Å². The summed E-state index contributed by atoms with van der Waals surface area (Å²) < 4.78 is 10.6. The number of para-hydroxylation sites is 2. The van der Waals surface area contributed by atoms with Crippen molar-refractivity contribution >= 4 is 23.1 Å². The van der Waals surface area contributed by atoms with Gasteiger partial charge in [-0.25, -0.2) is 4.79 Å². The number of anilines is 1. The van der Waals surface area contributed by atoms with E-state index in [2.05, 4.69) is 10.6 Å². The average Bonchev–Trinajstić information content (AvgIpc) is 3.03. The van der Waals surface area contributed by atoms with E-state index in [1.165, 1.54) is 0 Å². The van der Waals surface area contributed by atoms with Crippen LogP contribution in [-0.4, -0.2) is 26.8 Å². The van der Waals surface area contributed by atoms with E-state index < -0.39 is 0 Å². The van der Waals surface area contributed by atoms with Crippen LogP contribution >= 0.6 is 11.3 Å². The number of methoxy groups -OCH3 is 2. The van der Waals surface area contributed by atoms with Gasteiger partial charge in [-0.05, 0) is 34.5 Å². The normalized spacial score (nSPS) is 11.7. The molecule has 0 aliphatic heterocycles. The largest absolute Gasteiger partial charge is 0.495 e. The van der Waals surface area contributed by atoms with Gasteiger partial charge in [-0.3, -0.25) is 0 Å². The Balaban J connectivity index is 1.90. The maximum Gasteiger partial charge on any atom is 0.319 e. The number of rotatable bonds is 6. The molecule has 1 heterocycles. The fraction of sp³-hybridized carbons (Fsp3) is 0.267. The van der Waals surface area contributed by atoms with Crippen LogP contribution in [0.4, 0.5) is 10.5 Å². The summed E-state index contributed by atoms with van der Waals surface area (Å²) in [5, 5.41) is 9.54. The molecule has 0 aliphatic carbocycles. The van der Waals surface area contributed by atoms with Gasteiger partial charge >= 0.3 is 6.03 Å². The zero-order chi connectivity index (χ0) is 15.1. The van der Waals surface area contributed by atoms with Crippen molar-refractivity contribution in [2.24, 2.45) is 0 Å². The van der Waals surface area contributed by atoms with Crippen molar-refractivity contribution in [3.63, 3.8) is 0 Å². The number of hydrogen-bond acceptors (Lipinski definition) is 4. The SMILES string of the molecule is COc1ccccc1NC(=O)NCC(OC)c1ccsc1. The van der Waals surface area contributed by atoms with Crippen molar-refractivity contribution in [3.05, 3.63) is 46.7 Å². The van der Waals surface area contributed by atoms with E-state index in [1.54, 1.807) is 37.7 Å². The summed E-state index contributed by atoms with van der Waals surface area (Å²) in [6.07, 6.45) is -0.153. The second-order valence-electron chi connectivity index (χ2n) is 4.32. The van der Waals surface area contributed by atoms with Crippen molar-refractivity contribution in [2.45, 2.75) is 6.10 Å². The maximum atomic E-state index is 11.9. The Morgan fingerprint density at radius 3 is 2.76 bits per heavy atom. The first-order valence-corrected chi connectivity index (χ1v) is 7.41. The summed E-state index contributed by atoms with van der Waals surface area (Å²) >= 11 is 1.60. The molecule has 1 atom stereocenters. The number of amides is 2. The number of urea groups is 1. The third-order valence-electron chi connectivity index (χ3n) is 3.00. The number of carbonyl (C=O) groups excluding carboxylic acids is 1. The Morgan fingerprint density at radius 1 is 1.29 bits per heavy atom. The second kappa shape index (κ2) is 7.66. The summed E-state index contributed by atoms with van der Waals surface area (Å²) in [6.45, 7) is 0.397. The molecule has 0 saturated carbocycles. The third kappa shape index (κ3) is 4.21. The predicted octanol–water partition coefficient (Wildman–Crippen LogP) is 3.27. The molecule has 0 radical (unpaired) electrons. The minimum Gasteiger partial charge on any atom is -0.495 e. The minimum atomic E-state index is -0.295. The van der Waals surface area contributed by atoms with Crippen LogP contribution in [0.15, 0.2) is 41.1 Å². The van der Waals surface area contributed by atoms with E-state index in [0.29, 0.717) is 18.0 Å². The Morgan fingerprint density at radius 2 is 2.10 bits per heavy atom. The Kier molecular flexibility index (Phi) is 5.59. The molecule has 0 aliphatic rings. The lowest BCUT2D eigenvalue weighted by molar-refractivity contribution is 0.105. The highest BCUT2D eigenvalue weighted by Gasteiger charge is 2.13. The van der Waals surface area contributed by atoms with Gasteiger partial charge in [-0.15, -0.1) is 0 Å². The van der Waals surface area contributed by atoms with Gasteiger partial charge in [0.05, 0.1) is 12.8 Å². The van der Waals surface area contributed by atoms with E-state index >= 15 is 0 Å². The van der Waals surface area contributed by atoms with E-state index in [9.17, 15) is 4.79 Å². The molecule has 2 rings (SSSR count). The molecule has 2 aromatic rings. The average molecular weight is 306 g/mol. The maximum absolute atomic E-state index is 11.9. The zero-order valence-corrected chi connectivity index (χ0v) is 12.8. The molecule has 1 aromatic heterocycles. The summed E-state index contributed by atoms with van der Waals surface area (Å²) in [7, 11) is 3.19. The Hall–Kier alpha value is -2.05. The van der Waals surface area contributed by atoms with Crippen LogP contribution in [-0.2, 0) is 4.74 Å². The van der Waals surface area contributed by atoms with Crippen molar-refractivity contribution in [1.82, 2.24) is 5.32 Å². The molecule has 112 valence electrons. The van der Waals surface area contributed by atoms with Crippen molar-refractivity contribution in [2.75, 3.05) is 26.1 Å². The fourth-order valence-electron chi connectivity index (χ4n) is 1.90. The van der Waals surface area contributed by atoms with Gasteiger partial charge in [-0.1, -0.05) is 12.1 Å². The molecule has 2 N–H and O–H groups in total. The number of nitrogens with one attached hydrogen (secondary N) is 2. The summed E-state index contributed by atoms with van der Waals surface area (Å²) in [4.78, 5) is 11.9. The number of thiophene rings is 1. The van der Waals surface area contributed by atoms with Crippen LogP contribution in [0.25, 0.3) is 0 Å². The summed E-state index contributed by atoms with van der Waals surface area (Å²) in [5.41, 5.74) is 1.68. The van der Waals surface area contributed by atoms with E-state index in [4.69, 9.17) is 9.47 Å². The smallest absolute Gasteiger partial charge is 0.319 e. The van der Waals surface area contributed by atoms with Crippen LogP contribution in [0.1, 0.15) is 11.7 Å². The Labute approximate surface area is 127 Å². The lowest BCUT2D eigenvalue weighted by atomic mass is 10.2.